The average Bonchev–Trinajstić information content (AvgIpc) is 2.81. The van der Waals surface area contributed by atoms with Gasteiger partial charge < -0.3 is 30.2 Å². The summed E-state index contributed by atoms with van der Waals surface area (Å²) in [5.41, 5.74) is 1.45. The molecule has 0 aliphatic rings. The van der Waals surface area contributed by atoms with Crippen LogP contribution in [0.25, 0.3) is 0 Å². The molecule has 0 aliphatic heterocycles. The van der Waals surface area contributed by atoms with Gasteiger partial charge in [-0.25, -0.2) is 4.79 Å². The fraction of sp³-hybridized carbons (Fsp3) is 0.240. The van der Waals surface area contributed by atoms with Crippen molar-refractivity contribution in [2.45, 2.75) is 32.9 Å². The van der Waals surface area contributed by atoms with E-state index in [0.717, 1.165) is 5.56 Å². The fourth-order valence-electron chi connectivity index (χ4n) is 3.61. The Morgan fingerprint density at radius 2 is 1.83 bits per heavy atom. The molecule has 0 radical (unpaired) electrons. The normalized spacial score (nSPS) is 11.5. The number of aryl methyl sites for hydroxylation is 2. The molecule has 4 N–H and O–H groups in total. The lowest BCUT2D eigenvalue weighted by molar-refractivity contribution is -0.137. The van der Waals surface area contributed by atoms with Crippen molar-refractivity contribution in [2.24, 2.45) is 0 Å². The molecular weight excluding hydrogens is 474 g/mol. The zero-order valence-corrected chi connectivity index (χ0v) is 20.2. The molecule has 1 atom stereocenters. The first-order chi connectivity index (χ1) is 16.6. The Kier molecular flexibility index (Phi) is 8.03. The molecule has 3 aromatic rings. The number of nitrogens with one attached hydrogen (secondary N) is 2. The molecule has 0 spiro atoms. The number of nitrogens with zero attached hydrogens (tertiary/aromatic N) is 1. The first-order valence-electron chi connectivity index (χ1n) is 10.7. The lowest BCUT2D eigenvalue weighted by atomic mass is 10.0. The zero-order chi connectivity index (χ0) is 25.7. The summed E-state index contributed by atoms with van der Waals surface area (Å²) in [6.45, 7) is 3.50. The maximum absolute atomic E-state index is 13.1. The Labute approximate surface area is 206 Å². The number of aromatic nitrogens is 1. The number of benzene rings is 2. The molecule has 9 nitrogen and oxygen atoms in total. The van der Waals surface area contributed by atoms with E-state index in [1.54, 1.807) is 49.4 Å². The number of carbonyl (C=O) groups excluding carboxylic acids is 1. The summed E-state index contributed by atoms with van der Waals surface area (Å²) < 4.78 is 6.63. The summed E-state index contributed by atoms with van der Waals surface area (Å²) in [5, 5.41) is 25.1. The monoisotopic (exact) mass is 499 g/mol. The molecular formula is C25H26ClN3O6. The number of amides is 2. The van der Waals surface area contributed by atoms with Crippen LogP contribution in [0.5, 0.6) is 11.5 Å². The molecule has 0 bridgehead atoms. The Bertz CT molecular complexity index is 1300. The maximum Gasteiger partial charge on any atom is 0.319 e. The van der Waals surface area contributed by atoms with Crippen LogP contribution in [-0.2, 0) is 11.3 Å². The van der Waals surface area contributed by atoms with Crippen LogP contribution in [0.4, 0.5) is 10.5 Å². The highest BCUT2D eigenvalue weighted by Gasteiger charge is 2.21. The number of rotatable bonds is 8. The van der Waals surface area contributed by atoms with E-state index >= 15 is 0 Å². The van der Waals surface area contributed by atoms with Gasteiger partial charge in [0.05, 0.1) is 26.1 Å². The number of pyridine rings is 1. The Hall–Kier alpha value is -3.98. The summed E-state index contributed by atoms with van der Waals surface area (Å²) in [4.78, 5) is 37.3. The molecule has 35 heavy (non-hydrogen) atoms. The second-order valence-corrected chi connectivity index (χ2v) is 8.46. The van der Waals surface area contributed by atoms with Crippen LogP contribution in [0.3, 0.4) is 0 Å². The number of urea groups is 1. The number of carboxylic acids is 1. The van der Waals surface area contributed by atoms with Crippen molar-refractivity contribution in [1.82, 2.24) is 9.88 Å². The molecule has 10 heteroatoms. The van der Waals surface area contributed by atoms with Gasteiger partial charge in [0.15, 0.2) is 5.69 Å². The number of anilines is 1. The predicted molar refractivity (Wildman–Crippen MR) is 133 cm³/mol. The van der Waals surface area contributed by atoms with Gasteiger partial charge in [-0.15, -0.1) is 0 Å². The molecule has 184 valence electrons. The molecule has 0 aliphatic carbocycles. The van der Waals surface area contributed by atoms with Gasteiger partial charge in [0.1, 0.15) is 11.5 Å². The third kappa shape index (κ3) is 6.13. The Morgan fingerprint density at radius 3 is 2.46 bits per heavy atom. The molecule has 2 amide bonds. The molecule has 2 aromatic carbocycles. The van der Waals surface area contributed by atoms with Gasteiger partial charge in [0.2, 0.25) is 0 Å². The molecule has 0 saturated heterocycles. The molecule has 1 aromatic heterocycles. The minimum atomic E-state index is -1.11. The van der Waals surface area contributed by atoms with E-state index in [1.807, 2.05) is 6.92 Å². The minimum absolute atomic E-state index is 0.0318. The van der Waals surface area contributed by atoms with E-state index < -0.39 is 29.4 Å². The summed E-state index contributed by atoms with van der Waals surface area (Å²) in [6.07, 6.45) is 1.08. The third-order valence-electron chi connectivity index (χ3n) is 5.46. The fourth-order valence-corrected chi connectivity index (χ4v) is 3.84. The summed E-state index contributed by atoms with van der Waals surface area (Å²) >= 11 is 6.30. The second-order valence-electron chi connectivity index (χ2n) is 8.05. The average molecular weight is 500 g/mol. The number of carbonyl (C=O) groups is 2. The first-order valence-corrected chi connectivity index (χ1v) is 11.1. The van der Waals surface area contributed by atoms with E-state index in [0.29, 0.717) is 27.5 Å². The predicted octanol–water partition coefficient (Wildman–Crippen LogP) is 4.22. The summed E-state index contributed by atoms with van der Waals surface area (Å²) in [6, 6.07) is 10.4. The van der Waals surface area contributed by atoms with Gasteiger partial charge in [0, 0.05) is 22.3 Å². The number of hydrogen-bond donors (Lipinski definition) is 4. The van der Waals surface area contributed by atoms with Crippen LogP contribution in [-0.4, -0.2) is 33.9 Å². The minimum Gasteiger partial charge on any atom is -0.505 e. The number of hydrogen-bond acceptors (Lipinski definition) is 5. The SMILES string of the molecule is COc1cccc(Cl)c1Cn1cc(C)c(O)c(NC(=O)N[C@@H](CC(=O)O)c2ccc(C)cc2)c1=O. The Morgan fingerprint density at radius 1 is 1.14 bits per heavy atom. The van der Waals surface area contributed by atoms with E-state index in [4.69, 9.17) is 16.3 Å². The zero-order valence-electron chi connectivity index (χ0n) is 19.5. The van der Waals surface area contributed by atoms with E-state index in [-0.39, 0.29) is 18.7 Å². The highest BCUT2D eigenvalue weighted by Crippen LogP contribution is 2.29. The largest absolute Gasteiger partial charge is 0.505 e. The number of ether oxygens (including phenoxy) is 1. The van der Waals surface area contributed by atoms with Gasteiger partial charge in [-0.3, -0.25) is 9.59 Å². The summed E-state index contributed by atoms with van der Waals surface area (Å²) in [5.74, 6) is -1.01. The van der Waals surface area contributed by atoms with Crippen molar-refractivity contribution in [2.75, 3.05) is 12.4 Å². The van der Waals surface area contributed by atoms with Crippen LogP contribution in [0, 0.1) is 13.8 Å². The highest BCUT2D eigenvalue weighted by molar-refractivity contribution is 6.31. The topological polar surface area (TPSA) is 130 Å². The van der Waals surface area contributed by atoms with Gasteiger partial charge in [-0.2, -0.15) is 0 Å². The van der Waals surface area contributed by atoms with E-state index in [9.17, 15) is 24.6 Å². The number of aromatic hydroxyl groups is 1. The number of carboxylic acid groups (broad SMARTS) is 1. The van der Waals surface area contributed by atoms with Crippen LogP contribution >= 0.6 is 11.6 Å². The lowest BCUT2D eigenvalue weighted by Crippen LogP contribution is -2.36. The molecule has 3 rings (SSSR count). The van der Waals surface area contributed by atoms with Crippen molar-refractivity contribution in [3.05, 3.63) is 86.3 Å². The van der Waals surface area contributed by atoms with Crippen LogP contribution in [0.15, 0.2) is 53.5 Å². The first kappa shape index (κ1) is 25.6. The third-order valence-corrected chi connectivity index (χ3v) is 5.82. The standard InChI is InChI=1S/C25H26ClN3O6/c1-14-7-9-16(10-8-14)19(11-21(30)31)27-25(34)28-22-23(32)15(2)12-29(24(22)33)13-17-18(26)5-4-6-20(17)35-3/h4-10,12,19,32H,11,13H2,1-3H3,(H,30,31)(H2,27,28,34)/t19-/m0/s1. The van der Waals surface area contributed by atoms with Gasteiger partial charge >= 0.3 is 12.0 Å². The second kappa shape index (κ2) is 11.0. The molecule has 0 fully saturated rings. The molecule has 0 unspecified atom stereocenters. The lowest BCUT2D eigenvalue weighted by Gasteiger charge is -2.19. The van der Waals surface area contributed by atoms with E-state index in [1.165, 1.54) is 17.9 Å². The molecule has 0 saturated carbocycles. The summed E-state index contributed by atoms with van der Waals surface area (Å²) in [7, 11) is 1.49. The smallest absolute Gasteiger partial charge is 0.319 e. The van der Waals surface area contributed by atoms with Gasteiger partial charge in [0.25, 0.3) is 5.56 Å². The Balaban J connectivity index is 1.90. The van der Waals surface area contributed by atoms with Crippen molar-refractivity contribution >= 4 is 29.3 Å². The van der Waals surface area contributed by atoms with Crippen molar-refractivity contribution < 1.29 is 24.5 Å². The number of aliphatic carboxylic acids is 1. The number of methoxy groups -OCH3 is 1. The van der Waals surface area contributed by atoms with Crippen molar-refractivity contribution in [3.63, 3.8) is 0 Å². The van der Waals surface area contributed by atoms with Gasteiger partial charge in [-0.05, 0) is 31.5 Å². The van der Waals surface area contributed by atoms with E-state index in [2.05, 4.69) is 10.6 Å². The highest BCUT2D eigenvalue weighted by atomic mass is 35.5. The maximum atomic E-state index is 13.1. The molecule has 1 heterocycles. The van der Waals surface area contributed by atoms with Crippen LogP contribution in [0.2, 0.25) is 5.02 Å². The van der Waals surface area contributed by atoms with Crippen molar-refractivity contribution in [3.8, 4) is 11.5 Å². The van der Waals surface area contributed by atoms with Gasteiger partial charge in [-0.1, -0.05) is 47.5 Å². The quantitative estimate of drug-likeness (QED) is 0.367. The van der Waals surface area contributed by atoms with Crippen LogP contribution < -0.4 is 20.9 Å². The van der Waals surface area contributed by atoms with Crippen molar-refractivity contribution in [1.29, 1.82) is 0 Å². The number of halogens is 1. The van der Waals surface area contributed by atoms with Crippen LogP contribution in [0.1, 0.15) is 34.7 Å².